The fraction of sp³-hybridized carbons (Fsp3) is 0.600. The summed E-state index contributed by atoms with van der Waals surface area (Å²) < 4.78 is 0. The van der Waals surface area contributed by atoms with Crippen molar-refractivity contribution in [3.05, 3.63) is 29.8 Å². The minimum absolute atomic E-state index is 0.151. The summed E-state index contributed by atoms with van der Waals surface area (Å²) in [6, 6.07) is 9.46. The van der Waals surface area contributed by atoms with E-state index in [2.05, 4.69) is 55.3 Å². The largest absolute Gasteiger partial charge is 0.367 e. The van der Waals surface area contributed by atoms with Gasteiger partial charge >= 0.3 is 0 Å². The van der Waals surface area contributed by atoms with Crippen LogP contribution in [-0.2, 0) is 6.42 Å². The van der Waals surface area contributed by atoms with Crippen LogP contribution in [0.15, 0.2) is 24.3 Å². The summed E-state index contributed by atoms with van der Waals surface area (Å²) in [6.45, 7) is 7.91. The monoisotopic (exact) mass is 232 g/mol. The molecule has 1 heterocycles. The van der Waals surface area contributed by atoms with Gasteiger partial charge in [0.2, 0.25) is 0 Å². The van der Waals surface area contributed by atoms with E-state index in [9.17, 15) is 0 Å². The molecule has 1 unspecified atom stereocenters. The van der Waals surface area contributed by atoms with Crippen molar-refractivity contribution in [2.45, 2.75) is 45.2 Å². The van der Waals surface area contributed by atoms with Crippen molar-refractivity contribution < 1.29 is 0 Å². The van der Waals surface area contributed by atoms with Gasteiger partial charge in [0.1, 0.15) is 0 Å². The van der Waals surface area contributed by atoms with Gasteiger partial charge in [0.05, 0.1) is 0 Å². The van der Waals surface area contributed by atoms with Gasteiger partial charge in [0.25, 0.3) is 0 Å². The lowest BCUT2D eigenvalue weighted by Crippen LogP contribution is -2.51. The second kappa shape index (κ2) is 4.69. The molecule has 0 aromatic heterocycles. The normalized spacial score (nSPS) is 20.2. The van der Waals surface area contributed by atoms with E-state index in [1.54, 1.807) is 0 Å². The van der Waals surface area contributed by atoms with Gasteiger partial charge < -0.3 is 10.2 Å². The highest BCUT2D eigenvalue weighted by Gasteiger charge is 2.27. The van der Waals surface area contributed by atoms with Crippen LogP contribution in [0.25, 0.3) is 0 Å². The van der Waals surface area contributed by atoms with Crippen molar-refractivity contribution in [2.75, 3.05) is 18.5 Å². The molecule has 1 aliphatic rings. The van der Waals surface area contributed by atoms with Gasteiger partial charge in [-0.15, -0.1) is 0 Å². The minimum atomic E-state index is 0.151. The van der Waals surface area contributed by atoms with Crippen LogP contribution in [-0.4, -0.2) is 25.2 Å². The molecule has 94 valence electrons. The van der Waals surface area contributed by atoms with Gasteiger partial charge in [-0.3, -0.25) is 0 Å². The van der Waals surface area contributed by atoms with Crippen molar-refractivity contribution >= 4 is 5.69 Å². The highest BCUT2D eigenvalue weighted by Crippen LogP contribution is 2.31. The summed E-state index contributed by atoms with van der Waals surface area (Å²) in [7, 11) is 2.04. The van der Waals surface area contributed by atoms with Crippen molar-refractivity contribution in [1.29, 1.82) is 0 Å². The Labute approximate surface area is 105 Å². The van der Waals surface area contributed by atoms with Crippen LogP contribution < -0.4 is 10.2 Å². The number of para-hydroxylation sites is 1. The molecule has 0 spiro atoms. The first-order valence-electron chi connectivity index (χ1n) is 6.57. The van der Waals surface area contributed by atoms with E-state index in [4.69, 9.17) is 0 Å². The first kappa shape index (κ1) is 12.4. The minimum Gasteiger partial charge on any atom is -0.367 e. The topological polar surface area (TPSA) is 15.3 Å². The summed E-state index contributed by atoms with van der Waals surface area (Å²) in [6.07, 6.45) is 2.48. The zero-order valence-corrected chi connectivity index (χ0v) is 11.5. The van der Waals surface area contributed by atoms with Crippen LogP contribution in [0.4, 0.5) is 5.69 Å². The van der Waals surface area contributed by atoms with Gasteiger partial charge in [-0.25, -0.2) is 0 Å². The van der Waals surface area contributed by atoms with E-state index in [0.29, 0.717) is 6.04 Å². The lowest BCUT2D eigenvalue weighted by Gasteiger charge is -2.41. The van der Waals surface area contributed by atoms with Crippen LogP contribution in [0, 0.1) is 0 Å². The molecule has 0 radical (unpaired) electrons. The maximum absolute atomic E-state index is 3.40. The van der Waals surface area contributed by atoms with Crippen LogP contribution >= 0.6 is 0 Å². The molecule has 0 aliphatic carbocycles. The van der Waals surface area contributed by atoms with Gasteiger partial charge in [0.15, 0.2) is 0 Å². The Hall–Kier alpha value is -1.02. The van der Waals surface area contributed by atoms with E-state index < -0.39 is 0 Å². The van der Waals surface area contributed by atoms with Crippen molar-refractivity contribution in [3.63, 3.8) is 0 Å². The van der Waals surface area contributed by atoms with E-state index in [0.717, 1.165) is 6.54 Å². The summed E-state index contributed by atoms with van der Waals surface area (Å²) in [5.41, 5.74) is 3.07. The first-order chi connectivity index (χ1) is 8.03. The van der Waals surface area contributed by atoms with Gasteiger partial charge in [-0.1, -0.05) is 18.2 Å². The lowest BCUT2D eigenvalue weighted by molar-refractivity contribution is 0.396. The number of likely N-dealkylation sites (N-methyl/N-ethyl adjacent to an activating group) is 1. The molecule has 0 saturated carbocycles. The van der Waals surface area contributed by atoms with E-state index in [-0.39, 0.29) is 5.54 Å². The number of benzene rings is 1. The molecule has 0 bridgehead atoms. The van der Waals surface area contributed by atoms with E-state index >= 15 is 0 Å². The molecule has 0 fully saturated rings. The summed E-state index contributed by atoms with van der Waals surface area (Å²) in [5, 5.41) is 3.40. The third kappa shape index (κ3) is 2.63. The number of rotatable bonds is 3. The standard InChI is InChI=1S/C15H24N2/c1-12-9-10-13-7-5-6-8-14(13)17(12)11-15(2,3)16-4/h5-8,12,16H,9-11H2,1-4H3. The fourth-order valence-electron chi connectivity index (χ4n) is 2.51. The zero-order valence-electron chi connectivity index (χ0n) is 11.5. The highest BCUT2D eigenvalue weighted by molar-refractivity contribution is 5.56. The molecule has 2 rings (SSSR count). The van der Waals surface area contributed by atoms with Crippen LogP contribution in [0.1, 0.15) is 32.8 Å². The highest BCUT2D eigenvalue weighted by atomic mass is 15.2. The van der Waals surface area contributed by atoms with Crippen molar-refractivity contribution in [2.24, 2.45) is 0 Å². The molecule has 1 N–H and O–H groups in total. The molecule has 1 aromatic carbocycles. The Morgan fingerprint density at radius 3 is 2.76 bits per heavy atom. The maximum Gasteiger partial charge on any atom is 0.0401 e. The molecular formula is C15H24N2. The number of anilines is 1. The molecule has 1 atom stereocenters. The molecule has 2 heteroatoms. The molecule has 0 saturated heterocycles. The molecule has 1 aliphatic heterocycles. The molecule has 0 amide bonds. The summed E-state index contributed by atoms with van der Waals surface area (Å²) in [4.78, 5) is 2.55. The number of nitrogens with one attached hydrogen (secondary N) is 1. The number of aryl methyl sites for hydroxylation is 1. The third-order valence-electron chi connectivity index (χ3n) is 3.91. The summed E-state index contributed by atoms with van der Waals surface area (Å²) >= 11 is 0. The Kier molecular flexibility index (Phi) is 3.43. The van der Waals surface area contributed by atoms with Crippen molar-refractivity contribution in [3.8, 4) is 0 Å². The Morgan fingerprint density at radius 2 is 2.06 bits per heavy atom. The predicted octanol–water partition coefficient (Wildman–Crippen LogP) is 2.83. The number of hydrogen-bond acceptors (Lipinski definition) is 2. The Bertz CT molecular complexity index is 384. The smallest absolute Gasteiger partial charge is 0.0401 e. The van der Waals surface area contributed by atoms with Gasteiger partial charge in [-0.05, 0) is 52.3 Å². The van der Waals surface area contributed by atoms with Gasteiger partial charge in [0, 0.05) is 23.8 Å². The molecule has 17 heavy (non-hydrogen) atoms. The molecule has 2 nitrogen and oxygen atoms in total. The molecular weight excluding hydrogens is 208 g/mol. The average molecular weight is 232 g/mol. The second-order valence-corrected chi connectivity index (χ2v) is 5.78. The van der Waals surface area contributed by atoms with Gasteiger partial charge in [-0.2, -0.15) is 0 Å². The third-order valence-corrected chi connectivity index (χ3v) is 3.91. The molecule has 1 aromatic rings. The predicted molar refractivity (Wildman–Crippen MR) is 74.7 cm³/mol. The quantitative estimate of drug-likeness (QED) is 0.862. The zero-order chi connectivity index (χ0) is 12.5. The lowest BCUT2D eigenvalue weighted by atomic mass is 9.94. The van der Waals surface area contributed by atoms with E-state index in [1.165, 1.54) is 24.1 Å². The SMILES string of the molecule is CNC(C)(C)CN1c2ccccc2CCC1C. The Morgan fingerprint density at radius 1 is 1.35 bits per heavy atom. The Balaban J connectivity index is 2.27. The van der Waals surface area contributed by atoms with Crippen LogP contribution in [0.2, 0.25) is 0 Å². The first-order valence-corrected chi connectivity index (χ1v) is 6.57. The van der Waals surface area contributed by atoms with Crippen LogP contribution in [0.3, 0.4) is 0 Å². The maximum atomic E-state index is 3.40. The average Bonchev–Trinajstić information content (AvgIpc) is 2.33. The second-order valence-electron chi connectivity index (χ2n) is 5.78. The van der Waals surface area contributed by atoms with Crippen molar-refractivity contribution in [1.82, 2.24) is 5.32 Å². The summed E-state index contributed by atoms with van der Waals surface area (Å²) in [5.74, 6) is 0. The van der Waals surface area contributed by atoms with Crippen LogP contribution in [0.5, 0.6) is 0 Å². The number of fused-ring (bicyclic) bond motifs is 1. The van der Waals surface area contributed by atoms with E-state index in [1.807, 2.05) is 7.05 Å². The fourth-order valence-corrected chi connectivity index (χ4v) is 2.51. The number of hydrogen-bond donors (Lipinski definition) is 1. The number of nitrogens with zero attached hydrogens (tertiary/aromatic N) is 1.